The van der Waals surface area contributed by atoms with Crippen molar-refractivity contribution in [2.75, 3.05) is 0 Å². The van der Waals surface area contributed by atoms with Gasteiger partial charge in [0.15, 0.2) is 0 Å². The molecule has 0 spiro atoms. The number of aromatic nitrogens is 2. The van der Waals surface area contributed by atoms with Gasteiger partial charge in [0.2, 0.25) is 0 Å². The zero-order valence-electron chi connectivity index (χ0n) is 17.1. The molecule has 0 bridgehead atoms. The van der Waals surface area contributed by atoms with E-state index in [-0.39, 0.29) is 28.2 Å². The first-order valence-electron chi connectivity index (χ1n) is 9.31. The Kier molecular flexibility index (Phi) is 8.62. The molecule has 0 fully saturated rings. The zero-order valence-corrected chi connectivity index (χ0v) is 18.3. The monoisotopic (exact) mass is 488 g/mol. The molecule has 9 heteroatoms. The summed E-state index contributed by atoms with van der Waals surface area (Å²) in [6, 6.07) is 18.0. The Morgan fingerprint density at radius 1 is 0.667 bits per heavy atom. The minimum Gasteiger partial charge on any atom is -0.870 e. The summed E-state index contributed by atoms with van der Waals surface area (Å²) < 4.78 is 27.2. The number of hydrogen-bond acceptors (Lipinski definition) is 6. The Hall–Kier alpha value is -3.81. The van der Waals surface area contributed by atoms with Gasteiger partial charge >= 0.3 is 17.1 Å². The molecular formula is C24H15F2MnN2O4. The molecular weight excluding hydrogens is 473 g/mol. The first kappa shape index (κ1) is 25.5. The van der Waals surface area contributed by atoms with Gasteiger partial charge in [-0.05, 0) is 54.4 Å². The van der Waals surface area contributed by atoms with Crippen LogP contribution in [0.15, 0.2) is 72.8 Å². The summed E-state index contributed by atoms with van der Waals surface area (Å²) in [5.41, 5.74) is 1.78. The number of benzene rings is 2. The fourth-order valence-corrected chi connectivity index (χ4v) is 2.88. The van der Waals surface area contributed by atoms with E-state index in [1.165, 1.54) is 24.3 Å². The van der Waals surface area contributed by atoms with E-state index < -0.39 is 29.1 Å². The van der Waals surface area contributed by atoms with Gasteiger partial charge in [0.05, 0.1) is 22.8 Å². The second kappa shape index (κ2) is 11.2. The van der Waals surface area contributed by atoms with Crippen molar-refractivity contribution in [1.82, 2.24) is 9.97 Å². The van der Waals surface area contributed by atoms with Crippen molar-refractivity contribution < 1.29 is 46.0 Å². The molecule has 2 aromatic heterocycles. The quantitative estimate of drug-likeness (QED) is 0.410. The number of carbonyl (C=O) groups is 1. The predicted molar refractivity (Wildman–Crippen MR) is 108 cm³/mol. The molecule has 0 aliphatic carbocycles. The van der Waals surface area contributed by atoms with Crippen molar-refractivity contribution in [1.29, 1.82) is 0 Å². The minimum atomic E-state index is -1.08. The summed E-state index contributed by atoms with van der Waals surface area (Å²) in [7, 11) is 0. The van der Waals surface area contributed by atoms with E-state index >= 15 is 0 Å². The molecule has 0 aliphatic heterocycles. The Morgan fingerprint density at radius 3 is 1.33 bits per heavy atom. The summed E-state index contributed by atoms with van der Waals surface area (Å²) in [5.74, 6) is -4.24. The summed E-state index contributed by atoms with van der Waals surface area (Å²) in [4.78, 5) is 17.7. The average Bonchev–Trinajstić information content (AvgIpc) is 2.77. The Labute approximate surface area is 198 Å². The molecule has 0 radical (unpaired) electrons. The number of carboxylic acid groups (broad SMARTS) is 1. The van der Waals surface area contributed by atoms with Crippen molar-refractivity contribution in [3.05, 3.63) is 84.4 Å². The van der Waals surface area contributed by atoms with Gasteiger partial charge in [-0.2, -0.15) is 0 Å². The van der Waals surface area contributed by atoms with Crippen LogP contribution >= 0.6 is 0 Å². The van der Waals surface area contributed by atoms with Crippen LogP contribution in [0.5, 0.6) is 11.5 Å². The van der Waals surface area contributed by atoms with E-state index in [0.29, 0.717) is 22.8 Å². The molecule has 2 aromatic carbocycles. The van der Waals surface area contributed by atoms with E-state index in [1.807, 2.05) is 0 Å². The van der Waals surface area contributed by atoms with Crippen molar-refractivity contribution in [3.63, 3.8) is 0 Å². The minimum absolute atomic E-state index is 0. The van der Waals surface area contributed by atoms with Crippen LogP contribution < -0.4 is 15.3 Å². The molecule has 4 aromatic rings. The van der Waals surface area contributed by atoms with Crippen LogP contribution in [0.1, 0.15) is 6.92 Å². The summed E-state index contributed by atoms with van der Waals surface area (Å²) in [6.45, 7) is 0.972. The standard InChI is InChI=1S/C22H14F2N2O2.C2H4O2.Mn/c23-15-7-1-5-13(21(15)27)17-9-3-11-19(25-17)20-12-4-10-18(26-20)14-6-2-8-16(24)22(14)28;1-2(3)4;/h1-12,27-28H;1H3,(H,3,4);/q;;+3/p-3. The normalized spacial score (nSPS) is 9.91. The largest absolute Gasteiger partial charge is 3.00 e. The number of pyridine rings is 2. The van der Waals surface area contributed by atoms with Gasteiger partial charge in [-0.3, -0.25) is 0 Å². The number of aliphatic carboxylic acids is 1. The van der Waals surface area contributed by atoms with Crippen LogP contribution in [-0.4, -0.2) is 15.9 Å². The van der Waals surface area contributed by atoms with Crippen LogP contribution in [0, 0.1) is 11.6 Å². The van der Waals surface area contributed by atoms with Crippen LogP contribution in [0.4, 0.5) is 8.78 Å². The molecule has 0 saturated heterocycles. The first-order chi connectivity index (χ1) is 15.3. The molecule has 33 heavy (non-hydrogen) atoms. The molecule has 0 saturated carbocycles. The Bertz CT molecular complexity index is 1190. The number of halogens is 2. The fraction of sp³-hybridized carbons (Fsp3) is 0.0417. The molecule has 0 aliphatic rings. The van der Waals surface area contributed by atoms with Crippen LogP contribution in [0.25, 0.3) is 33.9 Å². The van der Waals surface area contributed by atoms with Crippen molar-refractivity contribution in [2.45, 2.75) is 6.92 Å². The number of hydrogen-bond donors (Lipinski definition) is 0. The summed E-state index contributed by atoms with van der Waals surface area (Å²) in [5, 5.41) is 32.9. The van der Waals surface area contributed by atoms with Gasteiger partial charge in [-0.25, -0.2) is 18.7 Å². The van der Waals surface area contributed by atoms with E-state index in [4.69, 9.17) is 9.90 Å². The van der Waals surface area contributed by atoms with E-state index in [0.717, 1.165) is 19.1 Å². The van der Waals surface area contributed by atoms with Crippen LogP contribution in [-0.2, 0) is 21.9 Å². The maximum Gasteiger partial charge on any atom is 3.00 e. The van der Waals surface area contributed by atoms with Crippen LogP contribution in [0.2, 0.25) is 0 Å². The zero-order chi connectivity index (χ0) is 23.3. The number of para-hydroxylation sites is 2. The number of nitrogens with zero attached hydrogens (tertiary/aromatic N) is 2. The predicted octanol–water partition coefficient (Wildman–Crippen LogP) is 2.66. The summed E-state index contributed by atoms with van der Waals surface area (Å²) >= 11 is 0. The second-order valence-corrected chi connectivity index (χ2v) is 6.54. The molecule has 6 nitrogen and oxygen atoms in total. The topological polar surface area (TPSA) is 112 Å². The van der Waals surface area contributed by atoms with E-state index in [1.54, 1.807) is 36.4 Å². The maximum atomic E-state index is 13.6. The SMILES string of the molecule is CC(=O)[O-].[Mn+3].[O-]c1c(F)cccc1-c1cccc(-c2cccc(-c3cccc(F)c3[O-])n2)n1. The van der Waals surface area contributed by atoms with Gasteiger partial charge in [0.25, 0.3) is 0 Å². The smallest absolute Gasteiger partial charge is 0.870 e. The number of rotatable bonds is 3. The second-order valence-electron chi connectivity index (χ2n) is 6.54. The third-order valence-corrected chi connectivity index (χ3v) is 4.25. The van der Waals surface area contributed by atoms with Gasteiger partial charge in [-0.15, -0.1) is 0 Å². The van der Waals surface area contributed by atoms with E-state index in [2.05, 4.69) is 9.97 Å². The van der Waals surface area contributed by atoms with E-state index in [9.17, 15) is 19.0 Å². The molecule has 166 valence electrons. The third-order valence-electron chi connectivity index (χ3n) is 4.25. The van der Waals surface area contributed by atoms with Crippen molar-refractivity contribution >= 4 is 5.97 Å². The van der Waals surface area contributed by atoms with Gasteiger partial charge < -0.3 is 20.1 Å². The van der Waals surface area contributed by atoms with Crippen molar-refractivity contribution in [3.8, 4) is 45.4 Å². The molecule has 0 N–H and O–H groups in total. The van der Waals surface area contributed by atoms with Gasteiger partial charge in [0, 0.05) is 5.97 Å². The molecule has 0 unspecified atom stereocenters. The van der Waals surface area contributed by atoms with Crippen LogP contribution in [0.3, 0.4) is 0 Å². The molecule has 2 heterocycles. The van der Waals surface area contributed by atoms with Crippen molar-refractivity contribution in [2.24, 2.45) is 0 Å². The Morgan fingerprint density at radius 2 is 0.970 bits per heavy atom. The van der Waals surface area contributed by atoms with Gasteiger partial charge in [0.1, 0.15) is 11.6 Å². The Balaban J connectivity index is 0.000000714. The fourth-order valence-electron chi connectivity index (χ4n) is 2.88. The average molecular weight is 488 g/mol. The maximum absolute atomic E-state index is 13.6. The third kappa shape index (κ3) is 6.12. The number of carboxylic acids is 1. The molecule has 0 amide bonds. The first-order valence-corrected chi connectivity index (χ1v) is 9.31. The molecule has 0 atom stereocenters. The summed E-state index contributed by atoms with van der Waals surface area (Å²) in [6.07, 6.45) is 0. The van der Waals surface area contributed by atoms with Gasteiger partial charge in [-0.1, -0.05) is 47.9 Å². The number of carbonyl (C=O) groups excluding carboxylic acids is 1. The molecule has 4 rings (SSSR count).